The molecule has 0 heterocycles. The van der Waals surface area contributed by atoms with Crippen molar-refractivity contribution in [3.05, 3.63) is 69.8 Å². The molecule has 0 saturated carbocycles. The van der Waals surface area contributed by atoms with Crippen LogP contribution in [0.15, 0.2) is 42.0 Å². The standard InChI is InChI=1S/C24H30O/c1-15-12-16-10-8-9-11-18(16)21(15)19-13-17(23(2,3)4)14-20(22(19)25)24(5,6)7/h8-14,21,25H,1-7H3. The van der Waals surface area contributed by atoms with E-state index in [0.717, 1.165) is 11.1 Å². The molecule has 0 spiro atoms. The molecule has 1 atom stereocenters. The molecule has 132 valence electrons. The number of phenols is 1. The largest absolute Gasteiger partial charge is 0.507 e. The molecule has 0 saturated heterocycles. The van der Waals surface area contributed by atoms with E-state index in [9.17, 15) is 5.11 Å². The Labute approximate surface area is 152 Å². The maximum absolute atomic E-state index is 11.2. The van der Waals surface area contributed by atoms with Crippen LogP contribution in [0, 0.1) is 0 Å². The SMILES string of the molecule is CC1=Cc2ccccc2C1c1cc(C(C)(C)C)cc(C(C)(C)C)c1O. The summed E-state index contributed by atoms with van der Waals surface area (Å²) in [7, 11) is 0. The first-order valence-corrected chi connectivity index (χ1v) is 9.15. The van der Waals surface area contributed by atoms with E-state index in [1.54, 1.807) is 0 Å². The van der Waals surface area contributed by atoms with E-state index < -0.39 is 0 Å². The van der Waals surface area contributed by atoms with Gasteiger partial charge in [0.1, 0.15) is 5.75 Å². The fourth-order valence-corrected chi connectivity index (χ4v) is 3.77. The van der Waals surface area contributed by atoms with Crippen molar-refractivity contribution in [1.29, 1.82) is 0 Å². The third kappa shape index (κ3) is 3.13. The van der Waals surface area contributed by atoms with E-state index in [4.69, 9.17) is 0 Å². The number of fused-ring (bicyclic) bond motifs is 1. The fraction of sp³-hybridized carbons (Fsp3) is 0.417. The fourth-order valence-electron chi connectivity index (χ4n) is 3.77. The number of allylic oxidation sites excluding steroid dienone is 1. The third-order valence-electron chi connectivity index (χ3n) is 5.27. The average Bonchev–Trinajstić information content (AvgIpc) is 2.81. The zero-order valence-electron chi connectivity index (χ0n) is 16.6. The molecule has 0 bridgehead atoms. The van der Waals surface area contributed by atoms with Crippen LogP contribution >= 0.6 is 0 Å². The van der Waals surface area contributed by atoms with Gasteiger partial charge in [-0.25, -0.2) is 0 Å². The van der Waals surface area contributed by atoms with E-state index in [0.29, 0.717) is 5.75 Å². The Kier molecular flexibility index (Phi) is 4.10. The number of phenolic OH excluding ortho intramolecular Hbond substituents is 1. The van der Waals surface area contributed by atoms with Crippen molar-refractivity contribution in [2.75, 3.05) is 0 Å². The summed E-state index contributed by atoms with van der Waals surface area (Å²) in [6, 6.07) is 12.9. The van der Waals surface area contributed by atoms with Crippen LogP contribution in [0.5, 0.6) is 5.75 Å². The van der Waals surface area contributed by atoms with Crippen molar-refractivity contribution in [3.8, 4) is 5.75 Å². The first-order valence-electron chi connectivity index (χ1n) is 9.15. The highest BCUT2D eigenvalue weighted by Crippen LogP contribution is 2.47. The predicted molar refractivity (Wildman–Crippen MR) is 107 cm³/mol. The Hall–Kier alpha value is -2.02. The molecule has 1 aliphatic carbocycles. The van der Waals surface area contributed by atoms with Crippen LogP contribution in [-0.4, -0.2) is 5.11 Å². The van der Waals surface area contributed by atoms with Gasteiger partial charge in [-0.15, -0.1) is 0 Å². The Bertz CT molecular complexity index is 841. The second-order valence-electron chi connectivity index (χ2n) is 9.41. The lowest BCUT2D eigenvalue weighted by molar-refractivity contribution is 0.437. The quantitative estimate of drug-likeness (QED) is 0.628. The van der Waals surface area contributed by atoms with Crippen molar-refractivity contribution < 1.29 is 5.11 Å². The smallest absolute Gasteiger partial charge is 0.123 e. The normalized spacial score (nSPS) is 17.4. The van der Waals surface area contributed by atoms with E-state index in [2.05, 4.69) is 90.9 Å². The zero-order chi connectivity index (χ0) is 18.6. The molecule has 1 unspecified atom stereocenters. The van der Waals surface area contributed by atoms with Gasteiger partial charge in [0, 0.05) is 11.5 Å². The lowest BCUT2D eigenvalue weighted by atomic mass is 9.76. The summed E-state index contributed by atoms with van der Waals surface area (Å²) in [5, 5.41) is 11.2. The lowest BCUT2D eigenvalue weighted by Gasteiger charge is -2.29. The average molecular weight is 335 g/mol. The molecule has 0 aromatic heterocycles. The molecular formula is C24H30O. The summed E-state index contributed by atoms with van der Waals surface area (Å²) in [6.45, 7) is 15.4. The molecule has 0 radical (unpaired) electrons. The molecule has 0 amide bonds. The Morgan fingerprint density at radius 2 is 1.48 bits per heavy atom. The number of benzene rings is 2. The van der Waals surface area contributed by atoms with Gasteiger partial charge >= 0.3 is 0 Å². The van der Waals surface area contributed by atoms with Crippen LogP contribution in [0.25, 0.3) is 6.08 Å². The lowest BCUT2D eigenvalue weighted by Crippen LogP contribution is -2.18. The maximum Gasteiger partial charge on any atom is 0.123 e. The number of rotatable bonds is 1. The second kappa shape index (κ2) is 5.76. The van der Waals surface area contributed by atoms with Gasteiger partial charge in [-0.1, -0.05) is 89.6 Å². The minimum absolute atomic E-state index is 0.0399. The third-order valence-corrected chi connectivity index (χ3v) is 5.27. The van der Waals surface area contributed by atoms with Crippen molar-refractivity contribution in [2.24, 2.45) is 0 Å². The summed E-state index contributed by atoms with van der Waals surface area (Å²) < 4.78 is 0. The van der Waals surface area contributed by atoms with Crippen LogP contribution in [0.3, 0.4) is 0 Å². The van der Waals surface area contributed by atoms with E-state index in [-0.39, 0.29) is 16.7 Å². The minimum atomic E-state index is -0.101. The minimum Gasteiger partial charge on any atom is -0.507 e. The van der Waals surface area contributed by atoms with Crippen molar-refractivity contribution in [3.63, 3.8) is 0 Å². The highest BCUT2D eigenvalue weighted by molar-refractivity contribution is 5.70. The van der Waals surface area contributed by atoms with Crippen LogP contribution in [0.1, 0.15) is 82.2 Å². The van der Waals surface area contributed by atoms with Gasteiger partial charge < -0.3 is 5.11 Å². The van der Waals surface area contributed by atoms with Gasteiger partial charge in [-0.05, 0) is 40.0 Å². The zero-order valence-corrected chi connectivity index (χ0v) is 16.6. The van der Waals surface area contributed by atoms with Gasteiger partial charge in [-0.2, -0.15) is 0 Å². The van der Waals surface area contributed by atoms with Crippen LogP contribution in [0.4, 0.5) is 0 Å². The Morgan fingerprint density at radius 3 is 2.08 bits per heavy atom. The van der Waals surface area contributed by atoms with Crippen molar-refractivity contribution in [2.45, 2.75) is 65.2 Å². The monoisotopic (exact) mass is 334 g/mol. The summed E-state index contributed by atoms with van der Waals surface area (Å²) in [4.78, 5) is 0. The molecule has 2 aromatic rings. The molecule has 0 fully saturated rings. The van der Waals surface area contributed by atoms with Gasteiger partial charge in [0.05, 0.1) is 0 Å². The van der Waals surface area contributed by atoms with Gasteiger partial charge in [0.25, 0.3) is 0 Å². The molecule has 1 heteroatoms. The number of hydrogen-bond donors (Lipinski definition) is 1. The highest BCUT2D eigenvalue weighted by atomic mass is 16.3. The molecule has 3 rings (SSSR count). The van der Waals surface area contributed by atoms with Crippen LogP contribution in [-0.2, 0) is 10.8 Å². The van der Waals surface area contributed by atoms with Crippen LogP contribution < -0.4 is 0 Å². The molecule has 25 heavy (non-hydrogen) atoms. The van der Waals surface area contributed by atoms with Crippen LogP contribution in [0.2, 0.25) is 0 Å². The summed E-state index contributed by atoms with van der Waals surface area (Å²) >= 11 is 0. The Balaban J connectivity index is 2.28. The predicted octanol–water partition coefficient (Wildman–Crippen LogP) is 6.54. The molecule has 1 nitrogen and oxygen atoms in total. The van der Waals surface area contributed by atoms with Crippen molar-refractivity contribution >= 4 is 6.08 Å². The van der Waals surface area contributed by atoms with E-state index in [1.165, 1.54) is 22.3 Å². The van der Waals surface area contributed by atoms with Gasteiger partial charge in [0.2, 0.25) is 0 Å². The van der Waals surface area contributed by atoms with Gasteiger partial charge in [0.15, 0.2) is 0 Å². The first kappa shape index (κ1) is 17.8. The van der Waals surface area contributed by atoms with E-state index >= 15 is 0 Å². The summed E-state index contributed by atoms with van der Waals surface area (Å²) in [5.74, 6) is 0.592. The first-order chi connectivity index (χ1) is 11.5. The summed E-state index contributed by atoms with van der Waals surface area (Å²) in [6.07, 6.45) is 2.25. The highest BCUT2D eigenvalue weighted by Gasteiger charge is 2.31. The topological polar surface area (TPSA) is 20.2 Å². The maximum atomic E-state index is 11.2. The number of hydrogen-bond acceptors (Lipinski definition) is 1. The van der Waals surface area contributed by atoms with Gasteiger partial charge in [-0.3, -0.25) is 0 Å². The Morgan fingerprint density at radius 1 is 0.840 bits per heavy atom. The molecule has 2 aromatic carbocycles. The summed E-state index contributed by atoms with van der Waals surface area (Å²) in [5.41, 5.74) is 7.14. The molecular weight excluding hydrogens is 304 g/mol. The second-order valence-corrected chi connectivity index (χ2v) is 9.41. The molecule has 0 aliphatic heterocycles. The van der Waals surface area contributed by atoms with E-state index in [1.807, 2.05) is 0 Å². The molecule has 1 N–H and O–H groups in total. The van der Waals surface area contributed by atoms with Crippen molar-refractivity contribution in [1.82, 2.24) is 0 Å². The number of aromatic hydroxyl groups is 1. The molecule has 1 aliphatic rings.